The Morgan fingerprint density at radius 3 is 2.56 bits per heavy atom. The molecule has 2 rings (SSSR count). The summed E-state index contributed by atoms with van der Waals surface area (Å²) in [4.78, 5) is 16.1. The molecule has 0 radical (unpaired) electrons. The topological polar surface area (TPSA) is 99.7 Å². The number of carbonyl (C=O) groups is 1. The standard InChI is InChI=1S/C18H22N4O2.HI/c1-12-7-8-14(11-13(12)2)22-18(19)21-10-9-20-17(24)15-5-3-4-6-16(15)23;/h3-8,11,23H,9-10H2,1-2H3,(H,20,24)(H3,19,21,22);1H. The number of nitrogens with two attached hydrogens (primary N) is 1. The number of phenols is 1. The van der Waals surface area contributed by atoms with Crippen molar-refractivity contribution in [3.05, 3.63) is 59.2 Å². The number of phenolic OH excluding ortho intramolecular Hbond substituents is 1. The molecule has 0 atom stereocenters. The van der Waals surface area contributed by atoms with Gasteiger partial charge in [-0.1, -0.05) is 18.2 Å². The molecular weight excluding hydrogens is 431 g/mol. The molecule has 25 heavy (non-hydrogen) atoms. The number of nitrogens with zero attached hydrogens (tertiary/aromatic N) is 1. The number of anilines is 1. The van der Waals surface area contributed by atoms with Gasteiger partial charge in [0.1, 0.15) is 5.75 Å². The maximum absolute atomic E-state index is 11.9. The quantitative estimate of drug-likeness (QED) is 0.242. The van der Waals surface area contributed by atoms with Crippen molar-refractivity contribution in [2.45, 2.75) is 13.8 Å². The second kappa shape index (κ2) is 9.87. The average Bonchev–Trinajstić information content (AvgIpc) is 2.55. The highest BCUT2D eigenvalue weighted by atomic mass is 127. The zero-order valence-electron chi connectivity index (χ0n) is 14.2. The van der Waals surface area contributed by atoms with Gasteiger partial charge in [-0.15, -0.1) is 24.0 Å². The van der Waals surface area contributed by atoms with E-state index in [2.05, 4.69) is 15.6 Å². The molecule has 0 aliphatic heterocycles. The Bertz CT molecular complexity index is 762. The van der Waals surface area contributed by atoms with Crippen LogP contribution in [0, 0.1) is 13.8 Å². The third kappa shape index (κ3) is 6.26. The summed E-state index contributed by atoms with van der Waals surface area (Å²) in [6.45, 7) is 4.73. The number of benzene rings is 2. The van der Waals surface area contributed by atoms with E-state index in [9.17, 15) is 9.90 Å². The number of aliphatic imine (C=N–C) groups is 1. The summed E-state index contributed by atoms with van der Waals surface area (Å²) in [6, 6.07) is 12.3. The summed E-state index contributed by atoms with van der Waals surface area (Å²) < 4.78 is 0. The minimum atomic E-state index is -0.344. The largest absolute Gasteiger partial charge is 0.507 e. The first-order valence-corrected chi connectivity index (χ1v) is 7.68. The van der Waals surface area contributed by atoms with Crippen LogP contribution in [0.1, 0.15) is 21.5 Å². The molecular formula is C18H23IN4O2. The number of nitrogens with one attached hydrogen (secondary N) is 2. The summed E-state index contributed by atoms with van der Waals surface area (Å²) in [5.41, 5.74) is 9.32. The number of aryl methyl sites for hydroxylation is 2. The highest BCUT2D eigenvalue weighted by molar-refractivity contribution is 14.0. The summed E-state index contributed by atoms with van der Waals surface area (Å²) in [6.07, 6.45) is 0. The van der Waals surface area contributed by atoms with Crippen LogP contribution in [0.4, 0.5) is 5.69 Å². The lowest BCUT2D eigenvalue weighted by Gasteiger charge is -2.08. The van der Waals surface area contributed by atoms with Crippen molar-refractivity contribution in [1.29, 1.82) is 0 Å². The van der Waals surface area contributed by atoms with E-state index in [1.54, 1.807) is 18.2 Å². The van der Waals surface area contributed by atoms with Crippen molar-refractivity contribution in [3.63, 3.8) is 0 Å². The molecule has 0 saturated heterocycles. The summed E-state index contributed by atoms with van der Waals surface area (Å²) >= 11 is 0. The fourth-order valence-electron chi connectivity index (χ4n) is 2.11. The summed E-state index contributed by atoms with van der Waals surface area (Å²) in [5.74, 6) is -0.103. The molecule has 0 fully saturated rings. The number of para-hydroxylation sites is 1. The van der Waals surface area contributed by atoms with E-state index in [1.165, 1.54) is 17.2 Å². The van der Waals surface area contributed by atoms with E-state index in [0.717, 1.165) is 5.69 Å². The van der Waals surface area contributed by atoms with Crippen LogP contribution in [-0.2, 0) is 0 Å². The van der Waals surface area contributed by atoms with Crippen molar-refractivity contribution >= 4 is 41.5 Å². The highest BCUT2D eigenvalue weighted by Gasteiger charge is 2.08. The molecule has 0 aliphatic rings. The molecule has 0 spiro atoms. The van der Waals surface area contributed by atoms with E-state index >= 15 is 0 Å². The van der Waals surface area contributed by atoms with Crippen molar-refractivity contribution < 1.29 is 9.90 Å². The number of halogens is 1. The lowest BCUT2D eigenvalue weighted by atomic mass is 10.1. The highest BCUT2D eigenvalue weighted by Crippen LogP contribution is 2.15. The Kier molecular flexibility index (Phi) is 8.20. The number of rotatable bonds is 5. The second-order valence-corrected chi connectivity index (χ2v) is 5.46. The van der Waals surface area contributed by atoms with Gasteiger partial charge >= 0.3 is 0 Å². The molecule has 7 heteroatoms. The second-order valence-electron chi connectivity index (χ2n) is 5.46. The molecule has 5 N–H and O–H groups in total. The van der Waals surface area contributed by atoms with Gasteiger partial charge < -0.3 is 21.5 Å². The van der Waals surface area contributed by atoms with E-state index in [1.807, 2.05) is 32.0 Å². The monoisotopic (exact) mass is 454 g/mol. The molecule has 2 aromatic carbocycles. The van der Waals surface area contributed by atoms with Gasteiger partial charge in [-0.25, -0.2) is 0 Å². The number of guanidine groups is 1. The number of aromatic hydroxyl groups is 1. The van der Waals surface area contributed by atoms with Gasteiger partial charge in [-0.05, 0) is 49.2 Å². The summed E-state index contributed by atoms with van der Waals surface area (Å²) in [5, 5.41) is 15.3. The van der Waals surface area contributed by atoms with Crippen molar-refractivity contribution in [2.75, 3.05) is 18.4 Å². The van der Waals surface area contributed by atoms with Crippen molar-refractivity contribution in [2.24, 2.45) is 10.7 Å². The van der Waals surface area contributed by atoms with Crippen LogP contribution in [0.25, 0.3) is 0 Å². The van der Waals surface area contributed by atoms with Crippen molar-refractivity contribution in [3.8, 4) is 5.75 Å². The number of hydrogen-bond donors (Lipinski definition) is 4. The summed E-state index contributed by atoms with van der Waals surface area (Å²) in [7, 11) is 0. The van der Waals surface area contributed by atoms with Gasteiger partial charge in [0.05, 0.1) is 12.1 Å². The van der Waals surface area contributed by atoms with Gasteiger partial charge in [-0.2, -0.15) is 0 Å². The third-order valence-electron chi connectivity index (χ3n) is 3.61. The average molecular weight is 454 g/mol. The van der Waals surface area contributed by atoms with Gasteiger partial charge in [0.25, 0.3) is 5.91 Å². The van der Waals surface area contributed by atoms with Gasteiger partial charge in [0.2, 0.25) is 0 Å². The van der Waals surface area contributed by atoms with Crippen molar-refractivity contribution in [1.82, 2.24) is 5.32 Å². The normalized spacial score (nSPS) is 10.7. The minimum Gasteiger partial charge on any atom is -0.507 e. The Labute approximate surface area is 164 Å². The maximum atomic E-state index is 11.9. The number of carbonyl (C=O) groups excluding carboxylic acids is 1. The molecule has 0 saturated carbocycles. The lowest BCUT2D eigenvalue weighted by Crippen LogP contribution is -2.28. The Morgan fingerprint density at radius 2 is 1.88 bits per heavy atom. The molecule has 0 heterocycles. The van der Waals surface area contributed by atoms with Crippen LogP contribution in [-0.4, -0.2) is 30.1 Å². The third-order valence-corrected chi connectivity index (χ3v) is 3.61. The smallest absolute Gasteiger partial charge is 0.255 e. The predicted octanol–water partition coefficient (Wildman–Crippen LogP) is 2.78. The molecule has 6 nitrogen and oxygen atoms in total. The molecule has 134 valence electrons. The first-order valence-electron chi connectivity index (χ1n) is 7.68. The Morgan fingerprint density at radius 1 is 1.16 bits per heavy atom. The van der Waals surface area contributed by atoms with Crippen LogP contribution >= 0.6 is 24.0 Å². The lowest BCUT2D eigenvalue weighted by molar-refractivity contribution is 0.0952. The Hall–Kier alpha value is -2.29. The van der Waals surface area contributed by atoms with Crippen LogP contribution in [0.15, 0.2) is 47.5 Å². The molecule has 0 bridgehead atoms. The van der Waals surface area contributed by atoms with Crippen LogP contribution < -0.4 is 16.4 Å². The van der Waals surface area contributed by atoms with Crippen LogP contribution in [0.5, 0.6) is 5.75 Å². The van der Waals surface area contributed by atoms with Gasteiger partial charge in [0, 0.05) is 12.2 Å². The van der Waals surface area contributed by atoms with E-state index in [4.69, 9.17) is 5.73 Å². The fraction of sp³-hybridized carbons (Fsp3) is 0.222. The Balaban J connectivity index is 0.00000312. The fourth-order valence-corrected chi connectivity index (χ4v) is 2.11. The van der Waals surface area contributed by atoms with E-state index in [-0.39, 0.29) is 47.2 Å². The zero-order valence-corrected chi connectivity index (χ0v) is 16.6. The van der Waals surface area contributed by atoms with Crippen LogP contribution in [0.2, 0.25) is 0 Å². The van der Waals surface area contributed by atoms with Gasteiger partial charge in [-0.3, -0.25) is 9.79 Å². The zero-order chi connectivity index (χ0) is 17.5. The molecule has 0 aliphatic carbocycles. The minimum absolute atomic E-state index is 0. The maximum Gasteiger partial charge on any atom is 0.255 e. The molecule has 0 unspecified atom stereocenters. The SMILES string of the molecule is Cc1ccc(NC(N)=NCCNC(=O)c2ccccc2O)cc1C.I. The number of hydrogen-bond acceptors (Lipinski definition) is 3. The predicted molar refractivity (Wildman–Crippen MR) is 112 cm³/mol. The van der Waals surface area contributed by atoms with E-state index < -0.39 is 0 Å². The molecule has 2 aromatic rings. The molecule has 1 amide bonds. The van der Waals surface area contributed by atoms with E-state index in [0.29, 0.717) is 13.1 Å². The van der Waals surface area contributed by atoms with Gasteiger partial charge in [0.15, 0.2) is 5.96 Å². The first-order chi connectivity index (χ1) is 11.5. The first kappa shape index (κ1) is 20.8. The van der Waals surface area contributed by atoms with Crippen LogP contribution in [0.3, 0.4) is 0 Å². The number of amides is 1. The molecule has 0 aromatic heterocycles.